The van der Waals surface area contributed by atoms with Gasteiger partial charge in [0.2, 0.25) is 0 Å². The number of aliphatic hydroxyl groups excluding tert-OH is 1. The summed E-state index contributed by atoms with van der Waals surface area (Å²) in [5.41, 5.74) is 2.93. The highest BCUT2D eigenvalue weighted by atomic mass is 32.2. The molecule has 1 N–H and O–H groups in total. The van der Waals surface area contributed by atoms with E-state index < -0.39 is 0 Å². The van der Waals surface area contributed by atoms with E-state index in [9.17, 15) is 0 Å². The first-order chi connectivity index (χ1) is 12.8. The van der Waals surface area contributed by atoms with Crippen molar-refractivity contribution in [3.8, 4) is 0 Å². The maximum Gasteiger partial charge on any atom is 0.0558 e. The van der Waals surface area contributed by atoms with Gasteiger partial charge in [-0.15, -0.1) is 11.8 Å². The zero-order valence-corrected chi connectivity index (χ0v) is 16.1. The van der Waals surface area contributed by atoms with Crippen LogP contribution in [-0.2, 0) is 0 Å². The lowest BCUT2D eigenvalue weighted by Crippen LogP contribution is -2.47. The first-order valence-electron chi connectivity index (χ1n) is 9.72. The van der Waals surface area contributed by atoms with Crippen molar-refractivity contribution in [2.45, 2.75) is 16.6 Å². The monoisotopic (exact) mass is 368 g/mol. The van der Waals surface area contributed by atoms with Crippen molar-refractivity contribution >= 4 is 17.3 Å². The molecule has 3 aliphatic rings. The van der Waals surface area contributed by atoms with Gasteiger partial charge >= 0.3 is 0 Å². The van der Waals surface area contributed by atoms with Crippen LogP contribution in [0.3, 0.4) is 0 Å². The molecule has 0 spiro atoms. The molecular formula is C22H28N2OS. The van der Waals surface area contributed by atoms with Gasteiger partial charge in [-0.2, -0.15) is 0 Å². The van der Waals surface area contributed by atoms with Crippen molar-refractivity contribution < 1.29 is 5.11 Å². The Hall–Kier alpha value is -1.33. The fourth-order valence-corrected chi connectivity index (χ4v) is 5.46. The minimum atomic E-state index is 0.272. The number of benzene rings is 1. The number of allylic oxidation sites excluding steroid dienone is 4. The summed E-state index contributed by atoms with van der Waals surface area (Å²) in [5, 5.41) is 9.60. The van der Waals surface area contributed by atoms with Crippen LogP contribution in [-0.4, -0.2) is 66.0 Å². The topological polar surface area (TPSA) is 26.7 Å². The maximum atomic E-state index is 9.07. The first-order valence-corrected chi connectivity index (χ1v) is 10.6. The largest absolute Gasteiger partial charge is 0.395 e. The number of hydrogen-bond donors (Lipinski definition) is 1. The quantitative estimate of drug-likeness (QED) is 0.863. The second kappa shape index (κ2) is 8.57. The molecule has 2 heterocycles. The van der Waals surface area contributed by atoms with E-state index in [1.54, 1.807) is 0 Å². The summed E-state index contributed by atoms with van der Waals surface area (Å²) in [6, 6.07) is 8.86. The Bertz CT molecular complexity index is 704. The van der Waals surface area contributed by atoms with E-state index in [0.29, 0.717) is 11.2 Å². The van der Waals surface area contributed by atoms with Gasteiger partial charge in [-0.25, -0.2) is 0 Å². The molecule has 0 saturated carbocycles. The molecule has 1 aromatic carbocycles. The molecule has 4 rings (SSSR count). The van der Waals surface area contributed by atoms with Crippen LogP contribution in [0.4, 0.5) is 0 Å². The molecule has 4 heteroatoms. The van der Waals surface area contributed by atoms with Gasteiger partial charge in [0.15, 0.2) is 0 Å². The van der Waals surface area contributed by atoms with Crippen LogP contribution in [0.1, 0.15) is 12.0 Å². The Kier molecular flexibility index (Phi) is 5.95. The van der Waals surface area contributed by atoms with Crippen LogP contribution in [0.15, 0.2) is 59.5 Å². The number of aliphatic hydroxyl groups is 1. The Morgan fingerprint density at radius 1 is 1.00 bits per heavy atom. The average Bonchev–Trinajstić information content (AvgIpc) is 2.69. The summed E-state index contributed by atoms with van der Waals surface area (Å²) in [7, 11) is 0. The Balaban J connectivity index is 1.42. The number of piperazine rings is 1. The number of fused-ring (bicyclic) bond motifs is 2. The van der Waals surface area contributed by atoms with Gasteiger partial charge in [0.1, 0.15) is 0 Å². The Morgan fingerprint density at radius 2 is 1.73 bits per heavy atom. The Morgan fingerprint density at radius 3 is 2.54 bits per heavy atom. The summed E-state index contributed by atoms with van der Waals surface area (Å²) in [4.78, 5) is 6.33. The van der Waals surface area contributed by atoms with Crippen molar-refractivity contribution in [2.24, 2.45) is 5.92 Å². The van der Waals surface area contributed by atoms with Gasteiger partial charge < -0.3 is 10.0 Å². The highest BCUT2D eigenvalue weighted by Gasteiger charge is 2.30. The van der Waals surface area contributed by atoms with E-state index in [2.05, 4.69) is 64.4 Å². The molecule has 1 aliphatic carbocycles. The van der Waals surface area contributed by atoms with Crippen LogP contribution in [0, 0.1) is 5.92 Å². The molecule has 0 radical (unpaired) electrons. The van der Waals surface area contributed by atoms with Gasteiger partial charge in [-0.05, 0) is 23.6 Å². The first kappa shape index (κ1) is 18.1. The molecular weight excluding hydrogens is 340 g/mol. The molecule has 0 bridgehead atoms. The molecule has 2 unspecified atom stereocenters. The average molecular weight is 369 g/mol. The van der Waals surface area contributed by atoms with Crippen LogP contribution >= 0.6 is 11.8 Å². The van der Waals surface area contributed by atoms with E-state index in [1.807, 2.05) is 11.8 Å². The highest BCUT2D eigenvalue weighted by molar-refractivity contribution is 8.00. The maximum absolute atomic E-state index is 9.07. The fourth-order valence-electron chi connectivity index (χ4n) is 4.14. The molecule has 2 atom stereocenters. The smallest absolute Gasteiger partial charge is 0.0558 e. The molecule has 26 heavy (non-hydrogen) atoms. The number of rotatable bonds is 5. The number of nitrogens with zero attached hydrogens (tertiary/aromatic N) is 2. The third kappa shape index (κ3) is 3.99. The minimum absolute atomic E-state index is 0.272. The van der Waals surface area contributed by atoms with Gasteiger partial charge in [0, 0.05) is 55.3 Å². The van der Waals surface area contributed by atoms with E-state index >= 15 is 0 Å². The molecule has 1 fully saturated rings. The standard InChI is InChI=1S/C22H28N2OS/c25-17-16-24-14-12-23(13-15-24)11-5-8-18-19-6-1-3-9-21(19)26-22-10-4-2-7-20(18)22/h1-4,6-10,19,21,25H,5,11-17H2/b18-8+. The van der Waals surface area contributed by atoms with Gasteiger partial charge in [0.25, 0.3) is 0 Å². The van der Waals surface area contributed by atoms with Crippen LogP contribution in [0.25, 0.3) is 5.57 Å². The summed E-state index contributed by atoms with van der Waals surface area (Å²) in [6.07, 6.45) is 12.7. The van der Waals surface area contributed by atoms with Crippen molar-refractivity contribution in [2.75, 3.05) is 45.9 Å². The summed E-state index contributed by atoms with van der Waals surface area (Å²) in [6.45, 7) is 6.60. The second-order valence-corrected chi connectivity index (χ2v) is 8.45. The van der Waals surface area contributed by atoms with Crippen molar-refractivity contribution in [1.82, 2.24) is 9.80 Å². The normalized spacial score (nSPS) is 27.5. The van der Waals surface area contributed by atoms with E-state index in [0.717, 1.165) is 45.7 Å². The lowest BCUT2D eigenvalue weighted by Gasteiger charge is -2.35. The molecule has 0 amide bonds. The van der Waals surface area contributed by atoms with E-state index in [4.69, 9.17) is 5.11 Å². The number of hydrogen-bond acceptors (Lipinski definition) is 4. The third-order valence-corrected chi connectivity index (χ3v) is 6.93. The predicted molar refractivity (Wildman–Crippen MR) is 110 cm³/mol. The lowest BCUT2D eigenvalue weighted by molar-refractivity contribution is 0.114. The zero-order chi connectivity index (χ0) is 17.8. The number of β-amino-alcohol motifs (C(OH)–C–C–N with tert-alkyl or cyclic N) is 1. The Labute approximate surface area is 161 Å². The van der Waals surface area contributed by atoms with Crippen LogP contribution < -0.4 is 0 Å². The predicted octanol–water partition coefficient (Wildman–Crippen LogP) is 3.29. The van der Waals surface area contributed by atoms with Gasteiger partial charge in [-0.1, -0.05) is 48.6 Å². The molecule has 1 saturated heterocycles. The molecule has 3 nitrogen and oxygen atoms in total. The summed E-state index contributed by atoms with van der Waals surface area (Å²) >= 11 is 2.00. The van der Waals surface area contributed by atoms with Crippen molar-refractivity contribution in [3.63, 3.8) is 0 Å². The van der Waals surface area contributed by atoms with E-state index in [-0.39, 0.29) is 6.61 Å². The van der Waals surface area contributed by atoms with Crippen LogP contribution in [0.5, 0.6) is 0 Å². The zero-order valence-electron chi connectivity index (χ0n) is 15.3. The molecule has 1 aromatic rings. The molecule has 0 aromatic heterocycles. The minimum Gasteiger partial charge on any atom is -0.395 e. The summed E-state index contributed by atoms with van der Waals surface area (Å²) in [5.74, 6) is 0.501. The highest BCUT2D eigenvalue weighted by Crippen LogP contribution is 2.47. The SMILES string of the molecule is OCCN1CCN(CC/C=C2/c3ccccc3SC3C=CC=CC23)CC1. The van der Waals surface area contributed by atoms with E-state index in [1.165, 1.54) is 16.0 Å². The summed E-state index contributed by atoms with van der Waals surface area (Å²) < 4.78 is 0. The fraction of sp³-hybridized carbons (Fsp3) is 0.455. The molecule has 2 aliphatic heterocycles. The molecule has 138 valence electrons. The van der Waals surface area contributed by atoms with Crippen molar-refractivity contribution in [1.29, 1.82) is 0 Å². The third-order valence-electron chi connectivity index (χ3n) is 5.60. The second-order valence-electron chi connectivity index (χ2n) is 7.23. The lowest BCUT2D eigenvalue weighted by atomic mass is 9.86. The van der Waals surface area contributed by atoms with Crippen LogP contribution in [0.2, 0.25) is 0 Å². The number of thioether (sulfide) groups is 1. The van der Waals surface area contributed by atoms with Gasteiger partial charge in [0.05, 0.1) is 6.61 Å². The van der Waals surface area contributed by atoms with Gasteiger partial charge in [-0.3, -0.25) is 4.90 Å². The van der Waals surface area contributed by atoms with Crippen molar-refractivity contribution in [3.05, 3.63) is 60.2 Å².